The van der Waals surface area contributed by atoms with Gasteiger partial charge in [-0.25, -0.2) is 4.79 Å². The third kappa shape index (κ3) is 2.25. The molecule has 2 rings (SSSR count). The number of carbonyl (C=O) groups is 1. The Balaban J connectivity index is 2.28. The fourth-order valence-corrected chi connectivity index (χ4v) is 2.47. The summed E-state index contributed by atoms with van der Waals surface area (Å²) in [5.41, 5.74) is 1.21. The van der Waals surface area contributed by atoms with Crippen molar-refractivity contribution in [1.29, 1.82) is 0 Å². The fourth-order valence-electron chi connectivity index (χ4n) is 1.53. The minimum atomic E-state index is -0.208. The van der Waals surface area contributed by atoms with Crippen LogP contribution in [0.1, 0.15) is 28.6 Å². The molecule has 0 saturated heterocycles. The predicted molar refractivity (Wildman–Crippen MR) is 67.1 cm³/mol. The van der Waals surface area contributed by atoms with Crippen molar-refractivity contribution in [3.8, 4) is 0 Å². The van der Waals surface area contributed by atoms with E-state index in [-0.39, 0.29) is 5.97 Å². The SMILES string of the molecule is CCCOC(=O)c1cc2cc(C)ccc2s1. The van der Waals surface area contributed by atoms with Gasteiger partial charge >= 0.3 is 5.97 Å². The summed E-state index contributed by atoms with van der Waals surface area (Å²) < 4.78 is 6.24. The van der Waals surface area contributed by atoms with Crippen LogP contribution in [0.5, 0.6) is 0 Å². The highest BCUT2D eigenvalue weighted by atomic mass is 32.1. The van der Waals surface area contributed by atoms with E-state index >= 15 is 0 Å². The van der Waals surface area contributed by atoms with Crippen LogP contribution < -0.4 is 0 Å². The molecule has 0 bridgehead atoms. The summed E-state index contributed by atoms with van der Waals surface area (Å²) in [7, 11) is 0. The lowest BCUT2D eigenvalue weighted by Gasteiger charge is -1.98. The van der Waals surface area contributed by atoms with E-state index in [0.717, 1.165) is 16.5 Å². The summed E-state index contributed by atoms with van der Waals surface area (Å²) in [4.78, 5) is 12.3. The molecule has 0 aliphatic rings. The number of esters is 1. The highest BCUT2D eigenvalue weighted by Gasteiger charge is 2.10. The molecule has 84 valence electrons. The first-order valence-corrected chi connectivity index (χ1v) is 6.19. The second-order valence-corrected chi connectivity index (χ2v) is 4.87. The molecule has 0 aliphatic carbocycles. The van der Waals surface area contributed by atoms with Crippen LogP contribution in [-0.2, 0) is 4.74 Å². The molecule has 1 aromatic heterocycles. The van der Waals surface area contributed by atoms with E-state index in [0.29, 0.717) is 11.5 Å². The van der Waals surface area contributed by atoms with Crippen LogP contribution in [0.3, 0.4) is 0 Å². The highest BCUT2D eigenvalue weighted by Crippen LogP contribution is 2.26. The highest BCUT2D eigenvalue weighted by molar-refractivity contribution is 7.20. The van der Waals surface area contributed by atoms with Crippen LogP contribution in [0.2, 0.25) is 0 Å². The lowest BCUT2D eigenvalue weighted by atomic mass is 10.2. The predicted octanol–water partition coefficient (Wildman–Crippen LogP) is 3.78. The van der Waals surface area contributed by atoms with Crippen molar-refractivity contribution in [3.63, 3.8) is 0 Å². The van der Waals surface area contributed by atoms with E-state index in [1.165, 1.54) is 16.9 Å². The Hall–Kier alpha value is -1.35. The number of fused-ring (bicyclic) bond motifs is 1. The van der Waals surface area contributed by atoms with Gasteiger partial charge in [0.15, 0.2) is 0 Å². The van der Waals surface area contributed by atoms with E-state index in [1.54, 1.807) is 0 Å². The molecule has 1 heterocycles. The Labute approximate surface area is 98.9 Å². The normalized spacial score (nSPS) is 10.6. The first-order chi connectivity index (χ1) is 7.70. The Morgan fingerprint density at radius 2 is 2.19 bits per heavy atom. The molecule has 3 heteroatoms. The summed E-state index contributed by atoms with van der Waals surface area (Å²) in [6.45, 7) is 4.53. The Morgan fingerprint density at radius 3 is 2.94 bits per heavy atom. The van der Waals surface area contributed by atoms with Crippen LogP contribution in [0.15, 0.2) is 24.3 Å². The minimum absolute atomic E-state index is 0.208. The number of benzene rings is 1. The number of carbonyl (C=O) groups excluding carboxylic acids is 1. The zero-order valence-electron chi connectivity index (χ0n) is 9.45. The van der Waals surface area contributed by atoms with Crippen LogP contribution >= 0.6 is 11.3 Å². The summed E-state index contributed by atoms with van der Waals surface area (Å²) in [5.74, 6) is -0.208. The molecule has 0 fully saturated rings. The number of hydrogen-bond acceptors (Lipinski definition) is 3. The van der Waals surface area contributed by atoms with Gasteiger partial charge in [-0.3, -0.25) is 0 Å². The van der Waals surface area contributed by atoms with E-state index in [4.69, 9.17) is 4.74 Å². The molecule has 0 amide bonds. The molecule has 2 nitrogen and oxygen atoms in total. The Bertz CT molecular complexity index is 514. The topological polar surface area (TPSA) is 26.3 Å². The second kappa shape index (κ2) is 4.66. The van der Waals surface area contributed by atoms with E-state index in [2.05, 4.69) is 12.1 Å². The molecule has 16 heavy (non-hydrogen) atoms. The van der Waals surface area contributed by atoms with Crippen molar-refractivity contribution in [1.82, 2.24) is 0 Å². The maximum Gasteiger partial charge on any atom is 0.348 e. The molecule has 0 aliphatic heterocycles. The summed E-state index contributed by atoms with van der Waals surface area (Å²) >= 11 is 1.49. The van der Waals surface area contributed by atoms with Gasteiger partial charge in [0.2, 0.25) is 0 Å². The number of aryl methyl sites for hydroxylation is 1. The van der Waals surface area contributed by atoms with E-state index in [9.17, 15) is 4.79 Å². The van der Waals surface area contributed by atoms with Crippen molar-refractivity contribution < 1.29 is 9.53 Å². The molecular weight excluding hydrogens is 220 g/mol. The number of thiophene rings is 1. The maximum atomic E-state index is 11.6. The zero-order valence-corrected chi connectivity index (χ0v) is 10.3. The van der Waals surface area contributed by atoms with Crippen LogP contribution in [-0.4, -0.2) is 12.6 Å². The first kappa shape index (κ1) is 11.1. The fraction of sp³-hybridized carbons (Fsp3) is 0.308. The zero-order chi connectivity index (χ0) is 11.5. The Kier molecular flexibility index (Phi) is 3.25. The minimum Gasteiger partial charge on any atom is -0.462 e. The second-order valence-electron chi connectivity index (χ2n) is 3.79. The van der Waals surface area contributed by atoms with Gasteiger partial charge < -0.3 is 4.74 Å². The maximum absolute atomic E-state index is 11.6. The molecular formula is C13H14O2S. The number of rotatable bonds is 3. The Morgan fingerprint density at radius 1 is 1.38 bits per heavy atom. The quantitative estimate of drug-likeness (QED) is 0.755. The van der Waals surface area contributed by atoms with Gasteiger partial charge in [-0.1, -0.05) is 24.6 Å². The third-order valence-electron chi connectivity index (χ3n) is 2.31. The lowest BCUT2D eigenvalue weighted by molar-refractivity contribution is 0.0511. The summed E-state index contributed by atoms with van der Waals surface area (Å²) in [6.07, 6.45) is 0.857. The molecule has 1 aromatic carbocycles. The number of ether oxygens (including phenoxy) is 1. The van der Waals surface area contributed by atoms with Crippen molar-refractivity contribution in [2.75, 3.05) is 6.61 Å². The average molecular weight is 234 g/mol. The molecule has 2 aromatic rings. The lowest BCUT2D eigenvalue weighted by Crippen LogP contribution is -2.03. The first-order valence-electron chi connectivity index (χ1n) is 5.38. The van der Waals surface area contributed by atoms with Gasteiger partial charge in [-0.05, 0) is 30.9 Å². The molecule has 0 atom stereocenters. The van der Waals surface area contributed by atoms with E-state index in [1.807, 2.05) is 26.0 Å². The standard InChI is InChI=1S/C13H14O2S/c1-3-6-15-13(14)12-8-10-7-9(2)4-5-11(10)16-12/h4-5,7-8H,3,6H2,1-2H3. The molecule has 0 spiro atoms. The summed E-state index contributed by atoms with van der Waals surface area (Å²) in [6, 6.07) is 8.10. The summed E-state index contributed by atoms with van der Waals surface area (Å²) in [5, 5.41) is 1.12. The monoisotopic (exact) mass is 234 g/mol. The van der Waals surface area contributed by atoms with Crippen molar-refractivity contribution in [2.45, 2.75) is 20.3 Å². The van der Waals surface area contributed by atoms with Gasteiger partial charge in [0.1, 0.15) is 4.88 Å². The van der Waals surface area contributed by atoms with E-state index < -0.39 is 0 Å². The smallest absolute Gasteiger partial charge is 0.348 e. The van der Waals surface area contributed by atoms with Crippen molar-refractivity contribution in [3.05, 3.63) is 34.7 Å². The van der Waals surface area contributed by atoms with Gasteiger partial charge in [0, 0.05) is 4.70 Å². The molecule has 0 saturated carbocycles. The van der Waals surface area contributed by atoms with Crippen molar-refractivity contribution in [2.24, 2.45) is 0 Å². The molecule has 0 radical (unpaired) electrons. The van der Waals surface area contributed by atoms with Crippen LogP contribution in [0.25, 0.3) is 10.1 Å². The average Bonchev–Trinajstić information content (AvgIpc) is 2.68. The molecule has 0 unspecified atom stereocenters. The molecule has 0 N–H and O–H groups in total. The van der Waals surface area contributed by atoms with Gasteiger partial charge in [0.05, 0.1) is 6.61 Å². The number of hydrogen-bond donors (Lipinski definition) is 0. The van der Waals surface area contributed by atoms with Gasteiger partial charge in [-0.15, -0.1) is 11.3 Å². The largest absolute Gasteiger partial charge is 0.462 e. The van der Waals surface area contributed by atoms with Crippen LogP contribution in [0.4, 0.5) is 0 Å². The van der Waals surface area contributed by atoms with Crippen molar-refractivity contribution >= 4 is 27.4 Å². The van der Waals surface area contributed by atoms with Gasteiger partial charge in [-0.2, -0.15) is 0 Å². The van der Waals surface area contributed by atoms with Crippen LogP contribution in [0, 0.1) is 6.92 Å². The van der Waals surface area contributed by atoms with Gasteiger partial charge in [0.25, 0.3) is 0 Å². The third-order valence-corrected chi connectivity index (χ3v) is 3.41.